The summed E-state index contributed by atoms with van der Waals surface area (Å²) in [5.74, 6) is -0.849. The summed E-state index contributed by atoms with van der Waals surface area (Å²) in [4.78, 5) is 30.1. The van der Waals surface area contributed by atoms with E-state index in [1.165, 1.54) is 18.2 Å². The lowest BCUT2D eigenvalue weighted by molar-refractivity contribution is 0.0697. The summed E-state index contributed by atoms with van der Waals surface area (Å²) in [5.41, 5.74) is 1.29. The van der Waals surface area contributed by atoms with E-state index in [0.29, 0.717) is 35.8 Å². The fraction of sp³-hybridized carbons (Fsp3) is 0.400. The maximum Gasteiger partial charge on any atom is 0.337 e. The highest BCUT2D eigenvalue weighted by molar-refractivity contribution is 5.94. The minimum absolute atomic E-state index is 0.0188. The van der Waals surface area contributed by atoms with Gasteiger partial charge >= 0.3 is 5.97 Å². The highest BCUT2D eigenvalue weighted by atomic mass is 19.1. The van der Waals surface area contributed by atoms with Crippen molar-refractivity contribution >= 4 is 22.6 Å². The van der Waals surface area contributed by atoms with Gasteiger partial charge in [0.25, 0.3) is 5.56 Å². The molecule has 0 spiro atoms. The van der Waals surface area contributed by atoms with Crippen LogP contribution < -0.4 is 10.9 Å². The number of hydrogen-bond acceptors (Lipinski definition) is 5. The number of halogens is 1. The van der Waals surface area contributed by atoms with Crippen molar-refractivity contribution in [1.29, 1.82) is 0 Å². The second-order valence-corrected chi connectivity index (χ2v) is 8.90. The molecule has 8 heteroatoms. The standard InChI is InChI=1S/C25H26FN3O4/c1-14(27-21-7-3-2-6-18(21)25(31)32)19-11-16(26)12-20-22(19)28-23(15-5-4-10-33-13-15)29(24(20)30)17-8-9-17/h2-3,6-7,11-12,14-15,17,27H,4-5,8-10,13H2,1H3,(H,31,32)/t14-,15?/m1/s1. The van der Waals surface area contributed by atoms with E-state index >= 15 is 0 Å². The number of aromatic carboxylic acids is 1. The molecule has 33 heavy (non-hydrogen) atoms. The number of anilines is 1. The van der Waals surface area contributed by atoms with Gasteiger partial charge in [0.2, 0.25) is 0 Å². The molecule has 172 valence electrons. The maximum atomic E-state index is 14.7. The molecule has 1 saturated heterocycles. The van der Waals surface area contributed by atoms with Gasteiger partial charge in [0.05, 0.1) is 29.1 Å². The number of rotatable bonds is 6. The van der Waals surface area contributed by atoms with Crippen molar-refractivity contribution in [1.82, 2.24) is 9.55 Å². The van der Waals surface area contributed by atoms with Gasteiger partial charge in [-0.2, -0.15) is 0 Å². The first-order valence-corrected chi connectivity index (χ1v) is 11.4. The molecule has 1 aliphatic carbocycles. The van der Waals surface area contributed by atoms with Crippen LogP contribution in [-0.2, 0) is 4.74 Å². The number of nitrogens with zero attached hydrogens (tertiary/aromatic N) is 2. The van der Waals surface area contributed by atoms with Crippen LogP contribution in [0.5, 0.6) is 0 Å². The zero-order valence-corrected chi connectivity index (χ0v) is 18.4. The van der Waals surface area contributed by atoms with Gasteiger partial charge in [0, 0.05) is 29.8 Å². The Hall–Kier alpha value is -3.26. The molecule has 5 rings (SSSR count). The average molecular weight is 451 g/mol. The van der Waals surface area contributed by atoms with Gasteiger partial charge in [-0.3, -0.25) is 9.36 Å². The number of hydrogen-bond donors (Lipinski definition) is 2. The molecular weight excluding hydrogens is 425 g/mol. The fourth-order valence-electron chi connectivity index (χ4n) is 4.66. The summed E-state index contributed by atoms with van der Waals surface area (Å²) in [6.07, 6.45) is 3.63. The first kappa shape index (κ1) is 21.6. The summed E-state index contributed by atoms with van der Waals surface area (Å²) in [6.45, 7) is 3.03. The smallest absolute Gasteiger partial charge is 0.337 e. The largest absolute Gasteiger partial charge is 0.478 e. The van der Waals surface area contributed by atoms with E-state index in [1.54, 1.807) is 22.8 Å². The van der Waals surface area contributed by atoms with Crippen molar-refractivity contribution in [2.45, 2.75) is 50.6 Å². The Morgan fingerprint density at radius 3 is 2.76 bits per heavy atom. The van der Waals surface area contributed by atoms with Crippen LogP contribution in [-0.4, -0.2) is 33.8 Å². The summed E-state index contributed by atoms with van der Waals surface area (Å²) in [5, 5.41) is 12.9. The Balaban J connectivity index is 1.64. The Bertz CT molecular complexity index is 1280. The molecule has 7 nitrogen and oxygen atoms in total. The lowest BCUT2D eigenvalue weighted by Crippen LogP contribution is -2.30. The normalized spacial score (nSPS) is 19.4. The molecule has 2 heterocycles. The number of ether oxygens (including phenoxy) is 1. The number of carboxylic acids is 1. The van der Waals surface area contributed by atoms with Crippen LogP contribution in [0.15, 0.2) is 41.2 Å². The number of benzene rings is 2. The van der Waals surface area contributed by atoms with Crippen molar-refractivity contribution in [3.63, 3.8) is 0 Å². The molecule has 2 fully saturated rings. The number of nitrogens with one attached hydrogen (secondary N) is 1. The monoisotopic (exact) mass is 451 g/mol. The van der Waals surface area contributed by atoms with Crippen LogP contribution in [0.2, 0.25) is 0 Å². The summed E-state index contributed by atoms with van der Waals surface area (Å²) >= 11 is 0. The molecule has 1 saturated carbocycles. The van der Waals surface area contributed by atoms with Crippen LogP contribution in [0, 0.1) is 5.82 Å². The predicted octanol–water partition coefficient (Wildman–Crippen LogP) is 4.64. The second-order valence-electron chi connectivity index (χ2n) is 8.90. The summed E-state index contributed by atoms with van der Waals surface area (Å²) in [6, 6.07) is 8.81. The number of aromatic nitrogens is 2. The molecule has 1 aromatic heterocycles. The lowest BCUT2D eigenvalue weighted by atomic mass is 9.99. The fourth-order valence-corrected chi connectivity index (χ4v) is 4.66. The first-order chi connectivity index (χ1) is 15.9. The third kappa shape index (κ3) is 4.11. The maximum absolute atomic E-state index is 14.7. The quantitative estimate of drug-likeness (QED) is 0.567. The minimum atomic E-state index is -1.06. The number of para-hydroxylation sites is 1. The first-order valence-electron chi connectivity index (χ1n) is 11.4. The molecule has 0 bridgehead atoms. The summed E-state index contributed by atoms with van der Waals surface area (Å²) < 4.78 is 22.1. The van der Waals surface area contributed by atoms with Crippen LogP contribution in [0.1, 0.15) is 72.4 Å². The molecule has 0 radical (unpaired) electrons. The van der Waals surface area contributed by atoms with E-state index in [4.69, 9.17) is 9.72 Å². The molecule has 1 unspecified atom stereocenters. The van der Waals surface area contributed by atoms with Gasteiger partial charge in [-0.05, 0) is 56.9 Å². The zero-order valence-electron chi connectivity index (χ0n) is 18.4. The number of fused-ring (bicyclic) bond motifs is 1. The minimum Gasteiger partial charge on any atom is -0.478 e. The zero-order chi connectivity index (χ0) is 23.1. The van der Waals surface area contributed by atoms with Crippen molar-refractivity contribution in [3.8, 4) is 0 Å². The van der Waals surface area contributed by atoms with Crippen LogP contribution in [0.25, 0.3) is 10.9 Å². The molecule has 0 amide bonds. The topological polar surface area (TPSA) is 93.5 Å². The van der Waals surface area contributed by atoms with Crippen molar-refractivity contribution in [2.24, 2.45) is 0 Å². The van der Waals surface area contributed by atoms with Crippen LogP contribution in [0.3, 0.4) is 0 Å². The van der Waals surface area contributed by atoms with Crippen molar-refractivity contribution < 1.29 is 19.0 Å². The number of carboxylic acid groups (broad SMARTS) is 1. The van der Waals surface area contributed by atoms with Gasteiger partial charge in [-0.1, -0.05) is 12.1 Å². The molecular formula is C25H26FN3O4. The molecule has 2 N–H and O–H groups in total. The van der Waals surface area contributed by atoms with E-state index in [0.717, 1.165) is 25.7 Å². The molecule has 3 aromatic rings. The van der Waals surface area contributed by atoms with E-state index in [9.17, 15) is 19.1 Å². The van der Waals surface area contributed by atoms with E-state index < -0.39 is 17.8 Å². The molecule has 2 atom stereocenters. The third-order valence-electron chi connectivity index (χ3n) is 6.46. The second kappa shape index (κ2) is 8.59. The van der Waals surface area contributed by atoms with Gasteiger partial charge in [0.1, 0.15) is 11.6 Å². The Morgan fingerprint density at radius 2 is 2.06 bits per heavy atom. The Labute approximate surface area is 190 Å². The van der Waals surface area contributed by atoms with Crippen LogP contribution >= 0.6 is 0 Å². The molecule has 2 aromatic carbocycles. The Morgan fingerprint density at radius 1 is 1.27 bits per heavy atom. The highest BCUT2D eigenvalue weighted by Crippen LogP contribution is 2.38. The van der Waals surface area contributed by atoms with Gasteiger partial charge in [-0.25, -0.2) is 14.2 Å². The van der Waals surface area contributed by atoms with Crippen LogP contribution in [0.4, 0.5) is 10.1 Å². The third-order valence-corrected chi connectivity index (χ3v) is 6.46. The van der Waals surface area contributed by atoms with Crippen molar-refractivity contribution in [2.75, 3.05) is 18.5 Å². The Kier molecular flexibility index (Phi) is 5.62. The molecule has 1 aliphatic heterocycles. The number of carbonyl (C=O) groups is 1. The molecule has 2 aliphatic rings. The predicted molar refractivity (Wildman–Crippen MR) is 122 cm³/mol. The summed E-state index contributed by atoms with van der Waals surface area (Å²) in [7, 11) is 0. The van der Waals surface area contributed by atoms with Gasteiger partial charge in [0.15, 0.2) is 0 Å². The van der Waals surface area contributed by atoms with Crippen molar-refractivity contribution in [3.05, 3.63) is 69.5 Å². The van der Waals surface area contributed by atoms with E-state index in [2.05, 4.69) is 5.32 Å². The van der Waals surface area contributed by atoms with Gasteiger partial charge < -0.3 is 15.2 Å². The average Bonchev–Trinajstić information content (AvgIpc) is 3.65. The van der Waals surface area contributed by atoms with Gasteiger partial charge in [-0.15, -0.1) is 0 Å². The lowest BCUT2D eigenvalue weighted by Gasteiger charge is -2.26. The van der Waals surface area contributed by atoms with E-state index in [-0.39, 0.29) is 28.5 Å². The highest BCUT2D eigenvalue weighted by Gasteiger charge is 2.32. The SMILES string of the molecule is C[C@@H](Nc1ccccc1C(=O)O)c1cc(F)cc2c(=O)n(C3CC3)c(C3CCCOC3)nc12. The van der Waals surface area contributed by atoms with E-state index in [1.807, 2.05) is 6.92 Å².